The number of hydrogen-bond acceptors (Lipinski definition) is 7. The van der Waals surface area contributed by atoms with Crippen molar-refractivity contribution in [3.63, 3.8) is 0 Å². The Morgan fingerprint density at radius 3 is 2.39 bits per heavy atom. The molecular weight excluding hydrogens is 434 g/mol. The molecule has 0 aliphatic carbocycles. The van der Waals surface area contributed by atoms with E-state index in [9.17, 15) is 14.4 Å². The molecule has 0 saturated heterocycles. The highest BCUT2D eigenvalue weighted by molar-refractivity contribution is 8.00. The van der Waals surface area contributed by atoms with E-state index in [0.717, 1.165) is 27.0 Å². The monoisotopic (exact) mass is 457 g/mol. The first-order valence-electron chi connectivity index (χ1n) is 9.84. The summed E-state index contributed by atoms with van der Waals surface area (Å²) in [6.45, 7) is 5.46. The summed E-state index contributed by atoms with van der Waals surface area (Å²) in [4.78, 5) is 38.7. The lowest BCUT2D eigenvalue weighted by Crippen LogP contribution is -2.16. The number of ether oxygens (including phenoxy) is 2. The normalized spacial score (nSPS) is 10.7. The Hall–Kier alpha value is -2.84. The van der Waals surface area contributed by atoms with Gasteiger partial charge >= 0.3 is 11.9 Å². The summed E-state index contributed by atoms with van der Waals surface area (Å²) in [6.07, 6.45) is 0. The number of thioether (sulfide) groups is 1. The zero-order valence-electron chi connectivity index (χ0n) is 17.5. The van der Waals surface area contributed by atoms with E-state index in [0.29, 0.717) is 10.6 Å². The SMILES string of the molecule is CCOC(=O)c1sc(NC(=O)CSc2cccc3ccccc23)c(C(=O)OCC)c1C. The van der Waals surface area contributed by atoms with Gasteiger partial charge in [0.1, 0.15) is 9.88 Å². The molecule has 0 saturated carbocycles. The van der Waals surface area contributed by atoms with E-state index in [4.69, 9.17) is 9.47 Å². The first-order chi connectivity index (χ1) is 15.0. The lowest BCUT2D eigenvalue weighted by molar-refractivity contribution is -0.113. The average Bonchev–Trinajstić information content (AvgIpc) is 3.08. The standard InChI is InChI=1S/C23H23NO5S2/c1-4-28-22(26)19-14(3)20(23(27)29-5-2)31-21(19)24-18(25)13-30-17-12-8-10-15-9-6-7-11-16(15)17/h6-12H,4-5,13H2,1-3H3,(H,24,25). The van der Waals surface area contributed by atoms with Crippen LogP contribution in [0, 0.1) is 6.92 Å². The largest absolute Gasteiger partial charge is 0.462 e. The van der Waals surface area contributed by atoms with Gasteiger partial charge in [0.15, 0.2) is 0 Å². The predicted molar refractivity (Wildman–Crippen MR) is 124 cm³/mol. The molecule has 0 bridgehead atoms. The number of nitrogens with one attached hydrogen (secondary N) is 1. The van der Waals surface area contributed by atoms with Gasteiger partial charge in [-0.15, -0.1) is 23.1 Å². The maximum atomic E-state index is 12.7. The molecule has 8 heteroatoms. The number of carbonyl (C=O) groups excluding carboxylic acids is 3. The molecule has 0 unspecified atom stereocenters. The second-order valence-electron chi connectivity index (χ2n) is 6.52. The van der Waals surface area contributed by atoms with Gasteiger partial charge in [-0.3, -0.25) is 4.79 Å². The zero-order valence-corrected chi connectivity index (χ0v) is 19.2. The van der Waals surface area contributed by atoms with E-state index in [1.54, 1.807) is 20.8 Å². The third-order valence-electron chi connectivity index (χ3n) is 4.45. The van der Waals surface area contributed by atoms with Crippen LogP contribution in [0.5, 0.6) is 0 Å². The van der Waals surface area contributed by atoms with Crippen molar-refractivity contribution in [1.82, 2.24) is 0 Å². The van der Waals surface area contributed by atoms with Crippen molar-refractivity contribution in [3.05, 3.63) is 58.5 Å². The summed E-state index contributed by atoms with van der Waals surface area (Å²) in [5, 5.41) is 5.25. The number of esters is 2. The van der Waals surface area contributed by atoms with Gasteiger partial charge in [0.2, 0.25) is 5.91 Å². The molecule has 0 atom stereocenters. The molecule has 1 N–H and O–H groups in total. The van der Waals surface area contributed by atoms with Gasteiger partial charge in [-0.2, -0.15) is 0 Å². The van der Waals surface area contributed by atoms with Crippen molar-refractivity contribution < 1.29 is 23.9 Å². The highest BCUT2D eigenvalue weighted by atomic mass is 32.2. The van der Waals surface area contributed by atoms with Crippen molar-refractivity contribution >= 4 is 56.7 Å². The zero-order chi connectivity index (χ0) is 22.4. The van der Waals surface area contributed by atoms with Crippen LogP contribution in [0.1, 0.15) is 39.4 Å². The average molecular weight is 458 g/mol. The molecule has 0 aliphatic heterocycles. The molecule has 2 aromatic carbocycles. The van der Waals surface area contributed by atoms with Crippen LogP contribution >= 0.6 is 23.1 Å². The molecule has 3 aromatic rings. The second kappa shape index (κ2) is 10.5. The first-order valence-corrected chi connectivity index (χ1v) is 11.6. The Kier molecular flexibility index (Phi) is 7.70. The lowest BCUT2D eigenvalue weighted by atomic mass is 10.1. The van der Waals surface area contributed by atoms with Crippen LogP contribution in [0.25, 0.3) is 10.8 Å². The Bertz CT molecular complexity index is 1120. The summed E-state index contributed by atoms with van der Waals surface area (Å²) < 4.78 is 10.2. The van der Waals surface area contributed by atoms with Gasteiger partial charge in [-0.05, 0) is 43.2 Å². The van der Waals surface area contributed by atoms with Crippen molar-refractivity contribution in [3.8, 4) is 0 Å². The third kappa shape index (κ3) is 5.26. The minimum absolute atomic E-state index is 0.155. The summed E-state index contributed by atoms with van der Waals surface area (Å²) >= 11 is 2.44. The Labute approximate surface area is 188 Å². The van der Waals surface area contributed by atoms with Crippen LogP contribution in [0.4, 0.5) is 5.00 Å². The molecule has 3 rings (SSSR count). The predicted octanol–water partition coefficient (Wildman–Crippen LogP) is 5.29. The third-order valence-corrected chi connectivity index (χ3v) is 6.71. The topological polar surface area (TPSA) is 81.7 Å². The van der Waals surface area contributed by atoms with E-state index >= 15 is 0 Å². The van der Waals surface area contributed by atoms with Gasteiger partial charge in [0, 0.05) is 4.90 Å². The fraction of sp³-hybridized carbons (Fsp3) is 0.261. The highest BCUT2D eigenvalue weighted by Gasteiger charge is 2.27. The number of fused-ring (bicyclic) bond motifs is 1. The number of thiophene rings is 1. The van der Waals surface area contributed by atoms with Gasteiger partial charge in [0.25, 0.3) is 0 Å². The lowest BCUT2D eigenvalue weighted by Gasteiger charge is -2.08. The first kappa shape index (κ1) is 22.8. The van der Waals surface area contributed by atoms with Crippen molar-refractivity contribution in [2.45, 2.75) is 25.7 Å². The maximum Gasteiger partial charge on any atom is 0.348 e. The molecule has 31 heavy (non-hydrogen) atoms. The molecule has 1 aromatic heterocycles. The van der Waals surface area contributed by atoms with E-state index in [1.807, 2.05) is 42.5 Å². The van der Waals surface area contributed by atoms with E-state index in [1.165, 1.54) is 11.8 Å². The molecular formula is C23H23NO5S2. The van der Waals surface area contributed by atoms with Gasteiger partial charge < -0.3 is 14.8 Å². The molecule has 6 nitrogen and oxygen atoms in total. The molecule has 0 radical (unpaired) electrons. The fourth-order valence-electron chi connectivity index (χ4n) is 3.07. The maximum absolute atomic E-state index is 12.7. The van der Waals surface area contributed by atoms with Crippen LogP contribution in [-0.4, -0.2) is 36.8 Å². The van der Waals surface area contributed by atoms with Crippen LogP contribution in [0.15, 0.2) is 47.4 Å². The summed E-state index contributed by atoms with van der Waals surface area (Å²) in [7, 11) is 0. The Morgan fingerprint density at radius 2 is 1.65 bits per heavy atom. The summed E-state index contributed by atoms with van der Waals surface area (Å²) in [6, 6.07) is 13.9. The van der Waals surface area contributed by atoms with Crippen LogP contribution < -0.4 is 5.32 Å². The van der Waals surface area contributed by atoms with Gasteiger partial charge in [-0.25, -0.2) is 9.59 Å². The number of anilines is 1. The smallest absolute Gasteiger partial charge is 0.348 e. The Balaban J connectivity index is 1.80. The molecule has 0 spiro atoms. The Morgan fingerprint density at radius 1 is 0.968 bits per heavy atom. The molecule has 1 amide bonds. The van der Waals surface area contributed by atoms with Crippen LogP contribution in [-0.2, 0) is 14.3 Å². The van der Waals surface area contributed by atoms with Crippen LogP contribution in [0.2, 0.25) is 0 Å². The molecule has 1 heterocycles. The van der Waals surface area contributed by atoms with Gasteiger partial charge in [0.05, 0.1) is 24.5 Å². The minimum atomic E-state index is -0.580. The number of benzene rings is 2. The quantitative estimate of drug-likeness (QED) is 0.365. The van der Waals surface area contributed by atoms with Gasteiger partial charge in [-0.1, -0.05) is 36.4 Å². The summed E-state index contributed by atoms with van der Waals surface area (Å²) in [5.74, 6) is -1.23. The van der Waals surface area contributed by atoms with Crippen LogP contribution in [0.3, 0.4) is 0 Å². The fourth-order valence-corrected chi connectivity index (χ4v) is 5.05. The molecule has 162 valence electrons. The van der Waals surface area contributed by atoms with Crippen molar-refractivity contribution in [2.75, 3.05) is 24.3 Å². The number of hydrogen-bond donors (Lipinski definition) is 1. The molecule has 0 aliphatic rings. The van der Waals surface area contributed by atoms with Crippen molar-refractivity contribution in [1.29, 1.82) is 0 Å². The van der Waals surface area contributed by atoms with Crippen molar-refractivity contribution in [2.24, 2.45) is 0 Å². The minimum Gasteiger partial charge on any atom is -0.462 e. The van der Waals surface area contributed by atoms with E-state index in [-0.39, 0.29) is 35.3 Å². The summed E-state index contributed by atoms with van der Waals surface area (Å²) in [5.41, 5.74) is 0.636. The van der Waals surface area contributed by atoms with E-state index in [2.05, 4.69) is 5.32 Å². The molecule has 0 fully saturated rings. The second-order valence-corrected chi connectivity index (χ2v) is 8.55. The van der Waals surface area contributed by atoms with E-state index < -0.39 is 11.9 Å². The number of rotatable bonds is 8. The number of amides is 1. The number of carbonyl (C=O) groups is 3. The highest BCUT2D eigenvalue weighted by Crippen LogP contribution is 2.35.